The van der Waals surface area contributed by atoms with Gasteiger partial charge in [-0.05, 0) is 42.9 Å². The number of benzene rings is 1. The Morgan fingerprint density at radius 2 is 1.72 bits per heavy atom. The third kappa shape index (κ3) is 4.64. The number of nitrogens with zero attached hydrogens (tertiary/aromatic N) is 2. The molecule has 2 heterocycles. The normalized spacial score (nSPS) is 31.7. The van der Waals surface area contributed by atoms with Crippen LogP contribution in [0.2, 0.25) is 0 Å². The van der Waals surface area contributed by atoms with E-state index in [0.717, 1.165) is 9.80 Å². The number of hydrogen-bond donors (Lipinski definition) is 2. The highest BCUT2D eigenvalue weighted by Gasteiger charge is 2.75. The number of fused-ring (bicyclic) bond motifs is 4. The average Bonchev–Trinajstić information content (AvgIpc) is 3.30. The molecule has 1 saturated carbocycles. The van der Waals surface area contributed by atoms with Crippen LogP contribution in [0.1, 0.15) is 31.2 Å². The van der Waals surface area contributed by atoms with Crippen molar-refractivity contribution in [1.82, 2.24) is 9.80 Å². The molecule has 1 aromatic carbocycles. The lowest BCUT2D eigenvalue weighted by atomic mass is 9.57. The average molecular weight is 700 g/mol. The van der Waals surface area contributed by atoms with Crippen LogP contribution in [-0.4, -0.2) is 85.6 Å². The largest absolute Gasteiger partial charge is 0.502 e. The quantitative estimate of drug-likeness (QED) is 0.171. The molecule has 0 spiro atoms. The number of alkyl halides is 3. The van der Waals surface area contributed by atoms with Crippen LogP contribution in [0.25, 0.3) is 6.08 Å². The lowest BCUT2D eigenvalue weighted by Gasteiger charge is -2.49. The van der Waals surface area contributed by atoms with Crippen molar-refractivity contribution in [3.8, 4) is 17.2 Å². The summed E-state index contributed by atoms with van der Waals surface area (Å²) >= 11 is 17.5. The third-order valence-electron chi connectivity index (χ3n) is 8.92. The Morgan fingerprint density at radius 3 is 2.30 bits per heavy atom. The number of phenols is 1. The van der Waals surface area contributed by atoms with Gasteiger partial charge in [0.05, 0.1) is 31.5 Å². The van der Waals surface area contributed by atoms with E-state index in [2.05, 4.69) is 15.9 Å². The molecule has 0 aromatic heterocycles. The summed E-state index contributed by atoms with van der Waals surface area (Å²) in [7, 11) is 2.77. The molecule has 2 aliphatic heterocycles. The molecule has 230 valence electrons. The zero-order valence-corrected chi connectivity index (χ0v) is 26.3. The van der Waals surface area contributed by atoms with Crippen molar-refractivity contribution in [2.45, 2.75) is 35.4 Å². The molecule has 0 unspecified atom stereocenters. The Hall–Kier alpha value is -3.09. The Bertz CT molecular complexity index is 1460. The van der Waals surface area contributed by atoms with E-state index >= 15 is 0 Å². The van der Waals surface area contributed by atoms with Gasteiger partial charge in [-0.25, -0.2) is 0 Å². The summed E-state index contributed by atoms with van der Waals surface area (Å²) in [6.45, 7) is -0.0346. The van der Waals surface area contributed by atoms with Gasteiger partial charge in [-0.3, -0.25) is 33.8 Å². The van der Waals surface area contributed by atoms with Gasteiger partial charge in [0.2, 0.25) is 17.6 Å². The number of allylic oxidation sites excluding steroid dienone is 3. The second-order valence-corrected chi connectivity index (χ2v) is 12.7. The van der Waals surface area contributed by atoms with Gasteiger partial charge in [-0.1, -0.05) is 39.7 Å². The fraction of sp³-hybridized carbons (Fsp3) is 0.483. The summed E-state index contributed by atoms with van der Waals surface area (Å²) < 4.78 is 10.5. The maximum Gasteiger partial charge on any atom is 0.303 e. The van der Waals surface area contributed by atoms with E-state index in [1.54, 1.807) is 30.4 Å². The number of halogens is 3. The van der Waals surface area contributed by atoms with Crippen molar-refractivity contribution in [3.05, 3.63) is 35.4 Å². The molecule has 2 N–H and O–H groups in total. The molecule has 6 atom stereocenters. The van der Waals surface area contributed by atoms with Crippen LogP contribution < -0.4 is 9.47 Å². The van der Waals surface area contributed by atoms with E-state index in [1.807, 2.05) is 0 Å². The van der Waals surface area contributed by atoms with Crippen molar-refractivity contribution in [2.24, 2.45) is 23.7 Å². The topological polar surface area (TPSA) is 151 Å². The highest BCUT2D eigenvalue weighted by Crippen LogP contribution is 2.63. The zero-order chi connectivity index (χ0) is 31.4. The molecule has 1 aromatic rings. The summed E-state index contributed by atoms with van der Waals surface area (Å²) in [5, 5.41) is 19.4. The number of rotatable bonds is 9. The number of methoxy groups -OCH3 is 2. The first-order valence-electron chi connectivity index (χ1n) is 13.6. The summed E-state index contributed by atoms with van der Waals surface area (Å²) in [5.41, 5.74) is 1.00. The number of aromatic hydroxyl groups is 1. The first-order chi connectivity index (χ1) is 20.3. The molecule has 3 fully saturated rings. The molecule has 4 aliphatic rings. The zero-order valence-electron chi connectivity index (χ0n) is 23.2. The minimum absolute atomic E-state index is 0.0346. The van der Waals surface area contributed by atoms with Gasteiger partial charge in [0.1, 0.15) is 0 Å². The highest BCUT2D eigenvalue weighted by atomic mass is 79.9. The van der Waals surface area contributed by atoms with Crippen LogP contribution in [0.3, 0.4) is 0 Å². The highest BCUT2D eigenvalue weighted by molar-refractivity contribution is 9.09. The second kappa shape index (κ2) is 11.4. The molecule has 0 bridgehead atoms. The molecule has 5 rings (SSSR count). The minimum Gasteiger partial charge on any atom is -0.502 e. The third-order valence-corrected chi connectivity index (χ3v) is 10.8. The van der Waals surface area contributed by atoms with Crippen LogP contribution in [0.5, 0.6) is 17.2 Å². The Labute approximate surface area is 265 Å². The molecule has 0 radical (unpaired) electrons. The van der Waals surface area contributed by atoms with Gasteiger partial charge < -0.3 is 19.7 Å². The Morgan fingerprint density at radius 1 is 1.07 bits per heavy atom. The maximum atomic E-state index is 13.8. The van der Waals surface area contributed by atoms with Crippen LogP contribution in [0.4, 0.5) is 0 Å². The number of hydrogen-bond acceptors (Lipinski definition) is 8. The number of carbonyl (C=O) groups excluding carboxylic acids is 4. The lowest BCUT2D eigenvalue weighted by molar-refractivity contribution is -0.142. The number of carboxylic acid groups (broad SMARTS) is 1. The molecule has 4 amide bonds. The number of ether oxygens (including phenoxy) is 2. The summed E-state index contributed by atoms with van der Waals surface area (Å²) in [6.07, 6.45) is 5.06. The van der Waals surface area contributed by atoms with E-state index in [-0.39, 0.29) is 54.9 Å². The van der Waals surface area contributed by atoms with Crippen molar-refractivity contribution < 1.29 is 43.7 Å². The van der Waals surface area contributed by atoms with Crippen LogP contribution >= 0.6 is 39.1 Å². The number of carbonyl (C=O) groups is 5. The van der Waals surface area contributed by atoms with E-state index in [0.29, 0.717) is 11.1 Å². The summed E-state index contributed by atoms with van der Waals surface area (Å²) in [4.78, 5) is 63.6. The fourth-order valence-corrected chi connectivity index (χ4v) is 8.27. The number of aliphatic carboxylic acids is 1. The molecule has 43 heavy (non-hydrogen) atoms. The van der Waals surface area contributed by atoms with Crippen molar-refractivity contribution in [2.75, 3.05) is 26.2 Å². The van der Waals surface area contributed by atoms with Crippen molar-refractivity contribution in [3.63, 3.8) is 0 Å². The number of amides is 4. The van der Waals surface area contributed by atoms with Gasteiger partial charge in [0.25, 0.3) is 11.8 Å². The number of phenolic OH excluding ortho intramolecular Hbond substituents is 1. The number of carboxylic acids is 1. The first-order valence-corrected chi connectivity index (χ1v) is 15.4. The fourth-order valence-electron chi connectivity index (χ4n) is 6.89. The van der Waals surface area contributed by atoms with Gasteiger partial charge in [0, 0.05) is 18.9 Å². The van der Waals surface area contributed by atoms with E-state index in [4.69, 9.17) is 37.8 Å². The van der Waals surface area contributed by atoms with Crippen LogP contribution in [0.15, 0.2) is 29.9 Å². The van der Waals surface area contributed by atoms with Crippen LogP contribution in [-0.2, 0) is 24.0 Å². The van der Waals surface area contributed by atoms with Crippen molar-refractivity contribution in [1.29, 1.82) is 0 Å². The first kappa shape index (κ1) is 31.3. The van der Waals surface area contributed by atoms with Gasteiger partial charge >= 0.3 is 5.97 Å². The molecule has 14 heteroatoms. The second-order valence-electron chi connectivity index (χ2n) is 11.0. The van der Waals surface area contributed by atoms with Gasteiger partial charge in [0.15, 0.2) is 21.2 Å². The minimum atomic E-state index is -1.94. The monoisotopic (exact) mass is 698 g/mol. The standard InChI is InChI=1S/C29H29BrCl2N2O9/c1-42-19-10-14(11-20(43-2)23(19)37)5-8-18-15-6-7-16-22(25(39)33(24(16)38)9-3-4-21(35)36)17(15)12-28(31)26(40)34(13-30)27(41)29(18,28)32/h5-6,8,10-11,16-18,22,37H,3-4,7,9,12-13H2,1-2H3,(H,35,36)/t16-,17+,18-,22-,28+,29-/m0/s1. The molecular formula is C29H29BrCl2N2O9. The van der Waals surface area contributed by atoms with E-state index in [1.165, 1.54) is 14.2 Å². The van der Waals surface area contributed by atoms with E-state index < -0.39 is 63.0 Å². The Kier molecular flexibility index (Phi) is 8.34. The van der Waals surface area contributed by atoms with Crippen LogP contribution in [0, 0.1) is 23.7 Å². The molecular weight excluding hydrogens is 671 g/mol. The van der Waals surface area contributed by atoms with E-state index in [9.17, 15) is 29.1 Å². The molecule has 2 aliphatic carbocycles. The smallest absolute Gasteiger partial charge is 0.303 e. The predicted molar refractivity (Wildman–Crippen MR) is 158 cm³/mol. The SMILES string of the molecule is COc1cc(C=C[C@H]2C3=CC[C@@H]4C(=O)N(CCCC(=O)O)C(=O)[C@@H]4[C@@H]3C[C@@]3(Cl)C(=O)N(CBr)C(=O)[C@@]23Cl)cc(OC)c1O. The van der Waals surface area contributed by atoms with Crippen molar-refractivity contribution >= 4 is 74.8 Å². The summed E-state index contributed by atoms with van der Waals surface area (Å²) in [5.74, 6) is -6.38. The summed E-state index contributed by atoms with van der Waals surface area (Å²) in [6, 6.07) is 3.10. The maximum absolute atomic E-state index is 13.8. The molecule has 11 nitrogen and oxygen atoms in total. The lowest BCUT2D eigenvalue weighted by Crippen LogP contribution is -2.60. The predicted octanol–water partition coefficient (Wildman–Crippen LogP) is 3.53. The Balaban J connectivity index is 1.59. The molecule has 2 saturated heterocycles. The van der Waals surface area contributed by atoms with Gasteiger partial charge in [-0.15, -0.1) is 23.2 Å². The number of likely N-dealkylation sites (tertiary alicyclic amines) is 2. The number of imide groups is 2. The van der Waals surface area contributed by atoms with Gasteiger partial charge in [-0.2, -0.15) is 0 Å².